The van der Waals surface area contributed by atoms with E-state index in [4.69, 9.17) is 0 Å². The lowest BCUT2D eigenvalue weighted by Crippen LogP contribution is -2.61. The number of nitrogens with zero attached hydrogens (tertiary/aromatic N) is 3. The molecule has 330 valence electrons. The van der Waals surface area contributed by atoms with Crippen molar-refractivity contribution in [2.24, 2.45) is 23.7 Å². The summed E-state index contributed by atoms with van der Waals surface area (Å²) in [6, 6.07) is -6.99. The van der Waals surface area contributed by atoms with Gasteiger partial charge < -0.3 is 46.4 Å². The van der Waals surface area contributed by atoms with Gasteiger partial charge in [-0.3, -0.25) is 38.4 Å². The molecule has 6 N–H and O–H groups in total. The molecule has 2 fully saturated rings. The molecule has 58 heavy (non-hydrogen) atoms. The Balaban J connectivity index is 2.23. The molecule has 0 bridgehead atoms. The van der Waals surface area contributed by atoms with Gasteiger partial charge in [-0.2, -0.15) is 0 Å². The van der Waals surface area contributed by atoms with Crippen LogP contribution >= 0.6 is 0 Å². The van der Waals surface area contributed by atoms with E-state index in [1.807, 2.05) is 48.5 Å². The molecule has 0 saturated carbocycles. The van der Waals surface area contributed by atoms with Crippen molar-refractivity contribution in [1.29, 1.82) is 0 Å². The molecule has 2 aliphatic rings. The predicted octanol–water partition coefficient (Wildman–Crippen LogP) is 0.677. The number of hydrogen-bond donors (Lipinski definition) is 6. The van der Waals surface area contributed by atoms with E-state index in [-0.39, 0.29) is 48.4 Å². The fraction of sp³-hybridized carbons (Fsp3) is 0.805. The van der Waals surface area contributed by atoms with Crippen molar-refractivity contribution in [3.8, 4) is 0 Å². The minimum atomic E-state index is -1.48. The van der Waals surface area contributed by atoms with Gasteiger partial charge in [0, 0.05) is 34.1 Å². The Morgan fingerprint density at radius 2 is 1.05 bits per heavy atom. The van der Waals surface area contributed by atoms with Gasteiger partial charge in [0.1, 0.15) is 42.3 Å². The number of likely N-dealkylation sites (tertiary alicyclic amines) is 2. The average Bonchev–Trinajstić information content (AvgIpc) is 3.84. The second kappa shape index (κ2) is 23.3. The van der Waals surface area contributed by atoms with E-state index in [0.717, 1.165) is 0 Å². The summed E-state index contributed by atoms with van der Waals surface area (Å²) in [7, 11) is 3.23. The zero-order valence-electron chi connectivity index (χ0n) is 36.7. The fourth-order valence-electron chi connectivity index (χ4n) is 7.59. The van der Waals surface area contributed by atoms with E-state index in [0.29, 0.717) is 51.5 Å². The van der Waals surface area contributed by atoms with Gasteiger partial charge in [-0.25, -0.2) is 0 Å². The summed E-state index contributed by atoms with van der Waals surface area (Å²) in [5, 5.41) is 23.9. The molecule has 8 atom stereocenters. The highest BCUT2D eigenvalue weighted by Gasteiger charge is 2.42. The van der Waals surface area contributed by atoms with Crippen molar-refractivity contribution >= 4 is 47.3 Å². The number of aliphatic hydroxyl groups is 1. The molecule has 0 aromatic carbocycles. The molecule has 0 aromatic rings. The van der Waals surface area contributed by atoms with Crippen LogP contribution in [0.2, 0.25) is 0 Å². The molecular weight excluding hydrogens is 748 g/mol. The summed E-state index contributed by atoms with van der Waals surface area (Å²) < 4.78 is 0. The van der Waals surface area contributed by atoms with Crippen molar-refractivity contribution in [2.45, 2.75) is 156 Å². The summed E-state index contributed by atoms with van der Waals surface area (Å²) >= 11 is 0. The number of amides is 8. The minimum absolute atomic E-state index is 0.0645. The van der Waals surface area contributed by atoms with E-state index in [1.165, 1.54) is 21.6 Å². The zero-order valence-corrected chi connectivity index (χ0v) is 36.7. The fourth-order valence-corrected chi connectivity index (χ4v) is 7.59. The van der Waals surface area contributed by atoms with Crippen LogP contribution in [0.15, 0.2) is 0 Å². The maximum Gasteiger partial charge on any atom is 0.245 e. The highest BCUT2D eigenvalue weighted by molar-refractivity contribution is 5.98. The Morgan fingerprint density at radius 1 is 0.621 bits per heavy atom. The quantitative estimate of drug-likeness (QED) is 0.0956. The Bertz CT molecular complexity index is 1450. The first-order valence-electron chi connectivity index (χ1n) is 21.0. The number of nitrogens with one attached hydrogen (secondary N) is 5. The largest absolute Gasteiger partial charge is 0.394 e. The van der Waals surface area contributed by atoms with Gasteiger partial charge in [0.2, 0.25) is 47.3 Å². The number of aliphatic hydroxyl groups excluding tert-OH is 1. The van der Waals surface area contributed by atoms with Gasteiger partial charge in [-0.1, -0.05) is 61.8 Å². The molecule has 0 spiro atoms. The summed E-state index contributed by atoms with van der Waals surface area (Å²) in [6.07, 6.45) is 3.32. The highest BCUT2D eigenvalue weighted by atomic mass is 16.3. The zero-order chi connectivity index (χ0) is 44.0. The number of carbonyl (C=O) groups excluding carboxylic acids is 8. The molecule has 17 nitrogen and oxygen atoms in total. The van der Waals surface area contributed by atoms with Gasteiger partial charge in [0.15, 0.2) is 0 Å². The Hall–Kier alpha value is -4.28. The normalized spacial score (nSPS) is 19.8. The van der Waals surface area contributed by atoms with E-state index < -0.39 is 84.4 Å². The third-order valence-corrected chi connectivity index (χ3v) is 10.8. The van der Waals surface area contributed by atoms with Gasteiger partial charge in [-0.05, 0) is 68.6 Å². The van der Waals surface area contributed by atoms with Crippen molar-refractivity contribution < 1.29 is 43.5 Å². The van der Waals surface area contributed by atoms with E-state index in [1.54, 1.807) is 21.0 Å². The van der Waals surface area contributed by atoms with Crippen LogP contribution in [0.1, 0.15) is 114 Å². The van der Waals surface area contributed by atoms with E-state index in [9.17, 15) is 43.5 Å². The SMILES string of the molecule is CC[C@H](C)[C@H](NC(=O)[C@@H]1CCCN1C(=O)[C@H](CC(C)C)NC(C)=O)C(=O)N[C@@H](CO)C(=O)N[C@@H](CC(C)C)C(=O)N1CCC[C@H]1C(=O)N[C@@H](CC(C)C)C(=O)N(C)C. The Kier molecular flexibility index (Phi) is 20.1. The predicted molar refractivity (Wildman–Crippen MR) is 218 cm³/mol. The molecule has 0 radical (unpaired) electrons. The molecule has 2 rings (SSSR count). The third kappa shape index (κ3) is 14.5. The van der Waals surface area contributed by atoms with Crippen molar-refractivity contribution in [3.63, 3.8) is 0 Å². The lowest BCUT2D eigenvalue weighted by atomic mass is 9.97. The lowest BCUT2D eigenvalue weighted by Gasteiger charge is -2.32. The Labute approximate surface area is 344 Å². The van der Waals surface area contributed by atoms with Crippen molar-refractivity contribution in [3.05, 3.63) is 0 Å². The molecule has 17 heteroatoms. The molecule has 0 unspecified atom stereocenters. The number of rotatable bonds is 21. The number of likely N-dealkylation sites (N-methyl/N-ethyl adjacent to an activating group) is 1. The molecule has 8 amide bonds. The van der Waals surface area contributed by atoms with Crippen LogP contribution in [0.3, 0.4) is 0 Å². The van der Waals surface area contributed by atoms with Crippen LogP contribution < -0.4 is 26.6 Å². The smallest absolute Gasteiger partial charge is 0.245 e. The number of hydrogen-bond acceptors (Lipinski definition) is 9. The first-order chi connectivity index (χ1) is 27.1. The van der Waals surface area contributed by atoms with Gasteiger partial charge in [0.25, 0.3) is 0 Å². The molecule has 0 aliphatic carbocycles. The maximum absolute atomic E-state index is 14.1. The second-order valence-corrected chi connectivity index (χ2v) is 17.5. The van der Waals surface area contributed by atoms with Crippen molar-refractivity contribution in [1.82, 2.24) is 41.3 Å². The van der Waals surface area contributed by atoms with Crippen LogP contribution in [0.25, 0.3) is 0 Å². The topological polar surface area (TPSA) is 227 Å². The monoisotopic (exact) mass is 821 g/mol. The average molecular weight is 821 g/mol. The van der Waals surface area contributed by atoms with Gasteiger partial charge in [-0.15, -0.1) is 0 Å². The van der Waals surface area contributed by atoms with Crippen LogP contribution in [0.4, 0.5) is 0 Å². The second-order valence-electron chi connectivity index (χ2n) is 17.5. The Morgan fingerprint density at radius 3 is 1.47 bits per heavy atom. The molecule has 2 heterocycles. The summed E-state index contributed by atoms with van der Waals surface area (Å²) in [4.78, 5) is 112. The summed E-state index contributed by atoms with van der Waals surface area (Å²) in [5.41, 5.74) is 0. The summed E-state index contributed by atoms with van der Waals surface area (Å²) in [6.45, 7) is 16.2. The molecular formula is C41H72N8O9. The van der Waals surface area contributed by atoms with Gasteiger partial charge in [0.05, 0.1) is 6.61 Å². The molecule has 2 saturated heterocycles. The van der Waals surface area contributed by atoms with Crippen molar-refractivity contribution in [2.75, 3.05) is 33.8 Å². The minimum Gasteiger partial charge on any atom is -0.394 e. The molecule has 0 aromatic heterocycles. The first-order valence-corrected chi connectivity index (χ1v) is 21.0. The van der Waals surface area contributed by atoms with Crippen LogP contribution in [-0.2, 0) is 38.4 Å². The van der Waals surface area contributed by atoms with E-state index >= 15 is 0 Å². The lowest BCUT2D eigenvalue weighted by molar-refractivity contribution is -0.143. The number of carbonyl (C=O) groups is 8. The van der Waals surface area contributed by atoms with E-state index in [2.05, 4.69) is 26.6 Å². The molecule has 2 aliphatic heterocycles. The summed E-state index contributed by atoms with van der Waals surface area (Å²) in [5.74, 6) is -4.27. The van der Waals surface area contributed by atoms with Crippen LogP contribution in [0.5, 0.6) is 0 Å². The maximum atomic E-state index is 14.1. The van der Waals surface area contributed by atoms with Crippen LogP contribution in [0, 0.1) is 23.7 Å². The standard InChI is InChI=1S/C41H72N8O9/c1-12-26(8)34(46-37(54)33-16-14-18-49(33)40(57)29(20-24(4)5)42-27(9)51)38(55)45-31(22-50)35(52)43-30(21-25(6)7)41(58)48-17-13-15-32(48)36(53)44-28(19-23(2)3)39(56)47(10)11/h23-26,28-34,50H,12-22H2,1-11H3,(H,42,51)(H,43,52)(H,44,53)(H,45,55)(H,46,54)/t26-,28-,29-,30-,31-,32-,33-,34-/m0/s1. The third-order valence-electron chi connectivity index (χ3n) is 10.8. The van der Waals surface area contributed by atoms with Crippen LogP contribution in [-0.4, -0.2) is 143 Å². The highest BCUT2D eigenvalue weighted by Crippen LogP contribution is 2.23. The van der Waals surface area contributed by atoms with Gasteiger partial charge >= 0.3 is 0 Å². The first kappa shape index (κ1) is 49.9.